The molecule has 1 aromatic heterocycles. The molecule has 0 aliphatic carbocycles. The number of Topliss-reactive ketones (excluding diaryl/α,β-unsaturated/α-hetero) is 1. The highest BCUT2D eigenvalue weighted by Gasteiger charge is 2.13. The Balaban J connectivity index is 1.74. The first-order valence-electron chi connectivity index (χ1n) is 7.77. The van der Waals surface area contributed by atoms with E-state index in [1.807, 2.05) is 24.3 Å². The van der Waals surface area contributed by atoms with Crippen molar-refractivity contribution < 1.29 is 14.3 Å². The Morgan fingerprint density at radius 1 is 1.12 bits per heavy atom. The predicted molar refractivity (Wildman–Crippen MR) is 91.1 cm³/mol. The van der Waals surface area contributed by atoms with Crippen molar-refractivity contribution in [3.05, 3.63) is 100 Å². The quantitative estimate of drug-likeness (QED) is 0.301. The van der Waals surface area contributed by atoms with Gasteiger partial charge in [-0.05, 0) is 5.56 Å². The lowest BCUT2D eigenvalue weighted by atomic mass is 10.1. The lowest BCUT2D eigenvalue weighted by Crippen LogP contribution is -2.38. The molecule has 124 valence electrons. The molecular weight excluding hydrogens is 318 g/mol. The zero-order valence-electron chi connectivity index (χ0n) is 13.4. The molecule has 25 heavy (non-hydrogen) atoms. The van der Waals surface area contributed by atoms with Crippen LogP contribution in [-0.2, 0) is 13.0 Å². The van der Waals surface area contributed by atoms with Crippen LogP contribution in [0.3, 0.4) is 0 Å². The number of hydrogen-bond donors (Lipinski definition) is 0. The first-order chi connectivity index (χ1) is 12.1. The molecule has 0 amide bonds. The van der Waals surface area contributed by atoms with Crippen LogP contribution in [0, 0.1) is 10.1 Å². The van der Waals surface area contributed by atoms with Gasteiger partial charge in [0.25, 0.3) is 5.69 Å². The van der Waals surface area contributed by atoms with Gasteiger partial charge in [0.15, 0.2) is 12.4 Å². The predicted octanol–water partition coefficient (Wildman–Crippen LogP) is 2.75. The molecule has 0 saturated carbocycles. The van der Waals surface area contributed by atoms with E-state index in [1.54, 1.807) is 41.4 Å². The minimum atomic E-state index is -0.416. The van der Waals surface area contributed by atoms with E-state index < -0.39 is 4.92 Å². The largest absolute Gasteiger partial charge is 0.287 e. The Morgan fingerprint density at radius 3 is 2.68 bits per heavy atom. The van der Waals surface area contributed by atoms with Crippen LogP contribution < -0.4 is 4.57 Å². The summed E-state index contributed by atoms with van der Waals surface area (Å²) in [4.78, 5) is 27.0. The molecule has 0 atom stereocenters. The highest BCUT2D eigenvalue weighted by molar-refractivity contribution is 5.94. The molecule has 0 N–H and O–H groups in total. The smallest absolute Gasteiger partial charge is 0.269 e. The summed E-state index contributed by atoms with van der Waals surface area (Å²) in [5.74, 6) is 0.0121. The fourth-order valence-electron chi connectivity index (χ4n) is 2.54. The SMILES string of the molecule is O=C(C[n+]1ccnc(Cc2cccc([N+](=O)[O-])c2)c1)c1ccccc1. The highest BCUT2D eigenvalue weighted by Crippen LogP contribution is 2.15. The average Bonchev–Trinajstić information content (AvgIpc) is 2.63. The van der Waals surface area contributed by atoms with Crippen molar-refractivity contribution >= 4 is 11.5 Å². The number of nitro benzene ring substituents is 1. The fourth-order valence-corrected chi connectivity index (χ4v) is 2.54. The molecule has 0 aliphatic rings. The van der Waals surface area contributed by atoms with E-state index in [4.69, 9.17) is 0 Å². The minimum Gasteiger partial charge on any atom is -0.287 e. The second-order valence-electron chi connectivity index (χ2n) is 5.61. The third-order valence-electron chi connectivity index (χ3n) is 3.74. The van der Waals surface area contributed by atoms with Crippen LogP contribution in [0.1, 0.15) is 21.6 Å². The molecular formula is C19H16N3O3+. The Morgan fingerprint density at radius 2 is 1.92 bits per heavy atom. The van der Waals surface area contributed by atoms with E-state index in [1.165, 1.54) is 12.1 Å². The number of nitrogens with zero attached hydrogens (tertiary/aromatic N) is 3. The number of benzene rings is 2. The zero-order chi connectivity index (χ0) is 17.6. The van der Waals surface area contributed by atoms with Crippen LogP contribution in [0.2, 0.25) is 0 Å². The van der Waals surface area contributed by atoms with Gasteiger partial charge in [-0.3, -0.25) is 14.9 Å². The molecule has 0 saturated heterocycles. The summed E-state index contributed by atoms with van der Waals surface area (Å²) in [5.41, 5.74) is 2.25. The topological polar surface area (TPSA) is 77.0 Å². The van der Waals surface area contributed by atoms with Gasteiger partial charge in [-0.1, -0.05) is 42.5 Å². The van der Waals surface area contributed by atoms with Gasteiger partial charge in [-0.15, -0.1) is 0 Å². The molecule has 1 heterocycles. The summed E-state index contributed by atoms with van der Waals surface area (Å²) in [5, 5.41) is 10.9. The van der Waals surface area contributed by atoms with Gasteiger partial charge in [0.05, 0.1) is 11.1 Å². The summed E-state index contributed by atoms with van der Waals surface area (Å²) in [6.07, 6.45) is 5.62. The molecule has 0 radical (unpaired) electrons. The molecule has 0 spiro atoms. The number of non-ortho nitro benzene ring substituents is 1. The first kappa shape index (κ1) is 16.4. The van der Waals surface area contributed by atoms with Crippen LogP contribution in [-0.4, -0.2) is 15.7 Å². The number of carbonyl (C=O) groups excluding carboxylic acids is 1. The van der Waals surface area contributed by atoms with Crippen molar-refractivity contribution in [2.45, 2.75) is 13.0 Å². The second-order valence-corrected chi connectivity index (χ2v) is 5.61. The fraction of sp³-hybridized carbons (Fsp3) is 0.105. The molecule has 6 heteroatoms. The van der Waals surface area contributed by atoms with Crippen molar-refractivity contribution in [2.75, 3.05) is 0 Å². The third-order valence-corrected chi connectivity index (χ3v) is 3.74. The van der Waals surface area contributed by atoms with E-state index in [2.05, 4.69) is 4.98 Å². The maximum Gasteiger partial charge on any atom is 0.269 e. The Bertz CT molecular complexity index is 911. The van der Waals surface area contributed by atoms with Gasteiger partial charge in [-0.2, -0.15) is 4.57 Å². The third kappa shape index (κ3) is 4.32. The summed E-state index contributed by atoms with van der Waals surface area (Å²) in [7, 11) is 0. The molecule has 0 fully saturated rings. The van der Waals surface area contributed by atoms with Gasteiger partial charge < -0.3 is 0 Å². The van der Waals surface area contributed by atoms with E-state index in [0.29, 0.717) is 12.0 Å². The molecule has 2 aromatic carbocycles. The van der Waals surface area contributed by atoms with Crippen molar-refractivity contribution in [2.24, 2.45) is 0 Å². The molecule has 0 aliphatic heterocycles. The lowest BCUT2D eigenvalue weighted by Gasteiger charge is -2.02. The number of ketones is 1. The number of aromatic nitrogens is 2. The monoisotopic (exact) mass is 334 g/mol. The van der Waals surface area contributed by atoms with E-state index in [0.717, 1.165) is 11.3 Å². The van der Waals surface area contributed by atoms with Gasteiger partial charge in [0, 0.05) is 24.1 Å². The maximum atomic E-state index is 12.3. The lowest BCUT2D eigenvalue weighted by molar-refractivity contribution is -0.684. The highest BCUT2D eigenvalue weighted by atomic mass is 16.6. The molecule has 0 bridgehead atoms. The number of rotatable bonds is 6. The van der Waals surface area contributed by atoms with E-state index in [9.17, 15) is 14.9 Å². The average molecular weight is 334 g/mol. The van der Waals surface area contributed by atoms with Gasteiger partial charge in [0.1, 0.15) is 5.69 Å². The molecule has 0 unspecified atom stereocenters. The number of hydrogen-bond acceptors (Lipinski definition) is 4. The van der Waals surface area contributed by atoms with Crippen LogP contribution in [0.25, 0.3) is 0 Å². The van der Waals surface area contributed by atoms with Crippen LogP contribution in [0.5, 0.6) is 0 Å². The van der Waals surface area contributed by atoms with Gasteiger partial charge >= 0.3 is 0 Å². The Hall–Kier alpha value is -3.41. The van der Waals surface area contributed by atoms with Crippen molar-refractivity contribution in [1.82, 2.24) is 4.98 Å². The standard InChI is InChI=1S/C19H16N3O3/c23-19(16-6-2-1-3-7-16)14-21-10-9-20-17(13-21)11-15-5-4-8-18(12-15)22(24)25/h1-10,12-13H,11,14H2/q+1. The van der Waals surface area contributed by atoms with Crippen molar-refractivity contribution in [1.29, 1.82) is 0 Å². The zero-order valence-corrected chi connectivity index (χ0v) is 13.4. The summed E-state index contributed by atoms with van der Waals surface area (Å²) < 4.78 is 1.77. The molecule has 3 rings (SSSR count). The second kappa shape index (κ2) is 7.44. The van der Waals surface area contributed by atoms with Crippen molar-refractivity contribution in [3.63, 3.8) is 0 Å². The number of nitro groups is 1. The summed E-state index contributed by atoms with van der Waals surface area (Å²) in [6.45, 7) is 0.217. The van der Waals surface area contributed by atoms with E-state index in [-0.39, 0.29) is 18.0 Å². The van der Waals surface area contributed by atoms with Crippen LogP contribution >= 0.6 is 0 Å². The number of carbonyl (C=O) groups is 1. The van der Waals surface area contributed by atoms with Crippen LogP contribution in [0.4, 0.5) is 5.69 Å². The molecule has 3 aromatic rings. The Kier molecular flexibility index (Phi) is 4.89. The normalized spacial score (nSPS) is 10.4. The maximum absolute atomic E-state index is 12.3. The summed E-state index contributed by atoms with van der Waals surface area (Å²) >= 11 is 0. The van der Waals surface area contributed by atoms with Gasteiger partial charge in [0.2, 0.25) is 12.3 Å². The van der Waals surface area contributed by atoms with Gasteiger partial charge in [-0.25, -0.2) is 4.98 Å². The molecule has 6 nitrogen and oxygen atoms in total. The minimum absolute atomic E-state index is 0.0121. The van der Waals surface area contributed by atoms with Crippen molar-refractivity contribution in [3.8, 4) is 0 Å². The summed E-state index contributed by atoms with van der Waals surface area (Å²) in [6, 6.07) is 15.6. The van der Waals surface area contributed by atoms with Crippen LogP contribution in [0.15, 0.2) is 73.2 Å². The first-order valence-corrected chi connectivity index (χ1v) is 7.77. The van der Waals surface area contributed by atoms with E-state index >= 15 is 0 Å². The Labute approximate surface area is 144 Å².